The van der Waals surface area contributed by atoms with Crippen LogP contribution in [-0.2, 0) is 27.3 Å². The smallest absolute Gasteiger partial charge is 0.255 e. The van der Waals surface area contributed by atoms with Crippen molar-refractivity contribution in [2.45, 2.75) is 63.3 Å². The van der Waals surface area contributed by atoms with Gasteiger partial charge in [0.1, 0.15) is 23.6 Å². The zero-order valence-corrected chi connectivity index (χ0v) is 31.1. The quantitative estimate of drug-likeness (QED) is 0.126. The molecule has 0 spiro atoms. The number of allylic oxidation sites excluding steroid dienone is 1. The molecule has 3 fully saturated rings. The SMILES string of the molecule is O=C1CCC(N2Cc3cc(N4CCN(CCOC5CC(Oc6ccc(/C=C(/CCc7ccc(O)cc7)c7ccccc7)cc6)C5)CC4)ccc3C2=O)C(=O)N1. The number of aromatic hydroxyl groups is 1. The van der Waals surface area contributed by atoms with Crippen molar-refractivity contribution in [2.75, 3.05) is 44.2 Å². The van der Waals surface area contributed by atoms with E-state index in [-0.39, 0.29) is 42.1 Å². The molecule has 3 heterocycles. The van der Waals surface area contributed by atoms with E-state index in [0.29, 0.717) is 25.1 Å². The number of amides is 3. The van der Waals surface area contributed by atoms with Crippen molar-refractivity contribution in [3.63, 3.8) is 0 Å². The minimum absolute atomic E-state index is 0.138. The number of anilines is 1. The van der Waals surface area contributed by atoms with E-state index in [9.17, 15) is 19.5 Å². The summed E-state index contributed by atoms with van der Waals surface area (Å²) in [5.41, 5.74) is 7.48. The van der Waals surface area contributed by atoms with Crippen molar-refractivity contribution in [2.24, 2.45) is 0 Å². The first-order valence-corrected chi connectivity index (χ1v) is 19.5. The van der Waals surface area contributed by atoms with Crippen molar-refractivity contribution in [1.82, 2.24) is 15.1 Å². The summed E-state index contributed by atoms with van der Waals surface area (Å²) in [6.07, 6.45) is 6.84. The largest absolute Gasteiger partial charge is 0.508 e. The third kappa shape index (κ3) is 8.77. The summed E-state index contributed by atoms with van der Waals surface area (Å²) < 4.78 is 12.5. The number of hydrogen-bond donors (Lipinski definition) is 2. The van der Waals surface area contributed by atoms with Crippen LogP contribution in [0, 0.1) is 0 Å². The van der Waals surface area contributed by atoms with Gasteiger partial charge < -0.3 is 24.4 Å². The fourth-order valence-corrected chi connectivity index (χ4v) is 8.02. The van der Waals surface area contributed by atoms with E-state index >= 15 is 0 Å². The molecule has 2 N–H and O–H groups in total. The molecule has 4 aromatic carbocycles. The average molecular weight is 741 g/mol. The molecule has 0 bridgehead atoms. The number of carbonyl (C=O) groups is 3. The number of benzene rings is 4. The molecule has 3 amide bonds. The Morgan fingerprint density at radius 3 is 2.36 bits per heavy atom. The van der Waals surface area contributed by atoms with Crippen LogP contribution < -0.4 is 15.0 Å². The highest BCUT2D eigenvalue weighted by atomic mass is 16.5. The maximum absolute atomic E-state index is 13.1. The Balaban J connectivity index is 0.748. The van der Waals surface area contributed by atoms with Crippen LogP contribution in [0.2, 0.25) is 0 Å². The molecule has 4 aromatic rings. The standard InChI is InChI=1S/C45H48N4O6/c50-37-13-7-31(8-14-37)6-11-34(33-4-2-1-3-5-33)26-32-9-15-38(16-10-32)55-40-28-39(29-40)54-25-24-47-20-22-48(23-21-47)36-12-17-41-35(27-36)30-49(45(41)53)42-18-19-43(51)46-44(42)52/h1-5,7-10,12-17,26-27,39-40,42,50H,6,11,18-25,28-30H2,(H,46,51,52)/b34-26-. The second kappa shape index (κ2) is 16.5. The van der Waals surface area contributed by atoms with Gasteiger partial charge in [0.2, 0.25) is 11.8 Å². The highest BCUT2D eigenvalue weighted by Gasteiger charge is 2.39. The highest BCUT2D eigenvalue weighted by molar-refractivity contribution is 6.05. The number of fused-ring (bicyclic) bond motifs is 1. The first-order valence-electron chi connectivity index (χ1n) is 19.5. The number of phenolic OH excluding ortho intramolecular Hbond substituents is 1. The van der Waals surface area contributed by atoms with E-state index in [1.807, 2.05) is 30.3 Å². The molecule has 8 rings (SSSR count). The molecule has 1 unspecified atom stereocenters. The van der Waals surface area contributed by atoms with Gasteiger partial charge in [0.15, 0.2) is 0 Å². The zero-order valence-electron chi connectivity index (χ0n) is 31.1. The lowest BCUT2D eigenvalue weighted by atomic mass is 9.92. The number of nitrogens with zero attached hydrogens (tertiary/aromatic N) is 3. The zero-order chi connectivity index (χ0) is 37.7. The number of piperazine rings is 1. The summed E-state index contributed by atoms with van der Waals surface area (Å²) >= 11 is 0. The average Bonchev–Trinajstić information content (AvgIpc) is 3.52. The van der Waals surface area contributed by atoms with Crippen LogP contribution in [0.4, 0.5) is 5.69 Å². The Labute approximate surface area is 322 Å². The van der Waals surface area contributed by atoms with Crippen LogP contribution in [0.15, 0.2) is 97.1 Å². The minimum Gasteiger partial charge on any atom is -0.508 e. The van der Waals surface area contributed by atoms with Crippen molar-refractivity contribution in [3.05, 3.63) is 125 Å². The fourth-order valence-electron chi connectivity index (χ4n) is 8.02. The van der Waals surface area contributed by atoms with Crippen LogP contribution >= 0.6 is 0 Å². The number of ether oxygens (including phenoxy) is 2. The number of hydrogen-bond acceptors (Lipinski definition) is 8. The van der Waals surface area contributed by atoms with Crippen molar-refractivity contribution < 1.29 is 29.0 Å². The maximum atomic E-state index is 13.1. The second-order valence-electron chi connectivity index (χ2n) is 15.0. The lowest BCUT2D eigenvalue weighted by Crippen LogP contribution is -2.52. The molecule has 2 saturated heterocycles. The van der Waals surface area contributed by atoms with E-state index < -0.39 is 6.04 Å². The molecule has 1 saturated carbocycles. The molecule has 10 nitrogen and oxygen atoms in total. The van der Waals surface area contributed by atoms with Crippen LogP contribution in [0.5, 0.6) is 11.5 Å². The van der Waals surface area contributed by atoms with Gasteiger partial charge in [0, 0.05) is 69.8 Å². The van der Waals surface area contributed by atoms with Gasteiger partial charge in [-0.05, 0) is 89.6 Å². The van der Waals surface area contributed by atoms with Gasteiger partial charge in [-0.25, -0.2) is 0 Å². The summed E-state index contributed by atoms with van der Waals surface area (Å²) in [5, 5.41) is 12.0. The molecule has 1 atom stereocenters. The third-order valence-corrected chi connectivity index (χ3v) is 11.3. The Kier molecular flexibility index (Phi) is 11.0. The second-order valence-corrected chi connectivity index (χ2v) is 15.0. The molecule has 3 aliphatic heterocycles. The summed E-state index contributed by atoms with van der Waals surface area (Å²) in [5.74, 6) is 0.371. The summed E-state index contributed by atoms with van der Waals surface area (Å²) in [7, 11) is 0. The van der Waals surface area contributed by atoms with Crippen LogP contribution in [0.25, 0.3) is 11.6 Å². The van der Waals surface area contributed by atoms with Crippen molar-refractivity contribution in [1.29, 1.82) is 0 Å². The monoisotopic (exact) mass is 740 g/mol. The van der Waals surface area contributed by atoms with Crippen LogP contribution in [0.1, 0.15) is 64.7 Å². The number of phenols is 1. The number of piperidine rings is 1. The summed E-state index contributed by atoms with van der Waals surface area (Å²) in [4.78, 5) is 43.5. The first-order chi connectivity index (χ1) is 26.8. The molecule has 10 heteroatoms. The minimum atomic E-state index is -0.597. The lowest BCUT2D eigenvalue weighted by Gasteiger charge is -2.38. The Morgan fingerprint density at radius 2 is 1.62 bits per heavy atom. The predicted molar refractivity (Wildman–Crippen MR) is 212 cm³/mol. The Morgan fingerprint density at radius 1 is 0.855 bits per heavy atom. The van der Waals surface area contributed by atoms with Gasteiger partial charge in [0.05, 0.1) is 12.7 Å². The normalized spacial score (nSPS) is 21.6. The van der Waals surface area contributed by atoms with Crippen molar-refractivity contribution >= 4 is 35.1 Å². The number of rotatable bonds is 13. The molecule has 284 valence electrons. The molecular weight excluding hydrogens is 693 g/mol. The van der Waals surface area contributed by atoms with E-state index in [1.165, 1.54) is 16.7 Å². The number of aryl methyl sites for hydroxylation is 1. The van der Waals surface area contributed by atoms with Crippen LogP contribution in [-0.4, -0.2) is 90.2 Å². The Bertz CT molecular complexity index is 2020. The molecule has 0 aromatic heterocycles. The first kappa shape index (κ1) is 36.5. The van der Waals surface area contributed by atoms with Gasteiger partial charge in [-0.1, -0.05) is 60.7 Å². The van der Waals surface area contributed by atoms with Crippen LogP contribution in [0.3, 0.4) is 0 Å². The molecule has 0 radical (unpaired) electrons. The molecule has 4 aliphatic rings. The summed E-state index contributed by atoms with van der Waals surface area (Å²) in [6, 6.07) is 31.7. The van der Waals surface area contributed by atoms with Gasteiger partial charge in [-0.2, -0.15) is 0 Å². The van der Waals surface area contributed by atoms with E-state index in [0.717, 1.165) is 81.0 Å². The number of imide groups is 1. The topological polar surface area (TPSA) is 112 Å². The van der Waals surface area contributed by atoms with Gasteiger partial charge >= 0.3 is 0 Å². The van der Waals surface area contributed by atoms with Gasteiger partial charge in [0.25, 0.3) is 5.91 Å². The third-order valence-electron chi connectivity index (χ3n) is 11.3. The maximum Gasteiger partial charge on any atom is 0.255 e. The highest BCUT2D eigenvalue weighted by Crippen LogP contribution is 2.32. The summed E-state index contributed by atoms with van der Waals surface area (Å²) in [6.45, 7) is 5.65. The van der Waals surface area contributed by atoms with Gasteiger partial charge in [-0.15, -0.1) is 0 Å². The van der Waals surface area contributed by atoms with E-state index in [1.54, 1.807) is 17.0 Å². The van der Waals surface area contributed by atoms with Gasteiger partial charge in [-0.3, -0.25) is 24.6 Å². The molecule has 1 aliphatic carbocycles. The number of carbonyl (C=O) groups excluding carboxylic acids is 3. The molecule has 55 heavy (non-hydrogen) atoms. The number of nitrogens with one attached hydrogen (secondary N) is 1. The van der Waals surface area contributed by atoms with Crippen molar-refractivity contribution in [3.8, 4) is 11.5 Å². The fraction of sp³-hybridized carbons (Fsp3) is 0.356. The molecular formula is C45H48N4O6. The predicted octanol–water partition coefficient (Wildman–Crippen LogP) is 6.08. The Hall–Kier alpha value is -5.45. The van der Waals surface area contributed by atoms with E-state index in [2.05, 4.69) is 75.8 Å². The van der Waals surface area contributed by atoms with E-state index in [4.69, 9.17) is 9.47 Å². The lowest BCUT2D eigenvalue weighted by molar-refractivity contribution is -0.136.